The number of allylic oxidation sites excluding steroid dienone is 2. The zero-order valence-corrected chi connectivity index (χ0v) is 16.1. The number of likely N-dealkylation sites (N-methyl/N-ethyl adjacent to an activating group) is 1. The molecular formula is C21H16F2N6O. The second-order valence-electron chi connectivity index (χ2n) is 6.82. The van der Waals surface area contributed by atoms with E-state index in [1.54, 1.807) is 42.8 Å². The number of imidazole rings is 1. The number of halogens is 2. The molecule has 0 radical (unpaired) electrons. The lowest BCUT2D eigenvalue weighted by Crippen LogP contribution is -2.28. The van der Waals surface area contributed by atoms with Crippen LogP contribution in [-0.4, -0.2) is 39.3 Å². The lowest BCUT2D eigenvalue weighted by Gasteiger charge is -2.28. The molecule has 3 heterocycles. The Bertz CT molecular complexity index is 1240. The first-order valence-electron chi connectivity index (χ1n) is 8.96. The van der Waals surface area contributed by atoms with Gasteiger partial charge in [-0.2, -0.15) is 5.26 Å². The molecule has 2 aromatic heterocycles. The smallest absolute Gasteiger partial charge is 0.278 e. The lowest BCUT2D eigenvalue weighted by atomic mass is 10.1. The Hall–Kier alpha value is -4.06. The number of hydrogen-bond donors (Lipinski definition) is 0. The first-order chi connectivity index (χ1) is 14.4. The summed E-state index contributed by atoms with van der Waals surface area (Å²) < 4.78 is 29.5. The van der Waals surface area contributed by atoms with Crippen molar-refractivity contribution in [1.82, 2.24) is 19.3 Å². The molecule has 7 nitrogen and oxygen atoms in total. The summed E-state index contributed by atoms with van der Waals surface area (Å²) in [4.78, 5) is 24.1. The van der Waals surface area contributed by atoms with Gasteiger partial charge in [0.15, 0.2) is 5.65 Å². The number of aromatic nitrogens is 3. The monoisotopic (exact) mass is 406 g/mol. The molecule has 30 heavy (non-hydrogen) atoms. The first kappa shape index (κ1) is 19.3. The molecule has 0 aliphatic carbocycles. The van der Waals surface area contributed by atoms with Crippen LogP contribution < -0.4 is 4.90 Å². The molecule has 9 heteroatoms. The van der Waals surface area contributed by atoms with Crippen molar-refractivity contribution in [3.63, 3.8) is 0 Å². The van der Waals surface area contributed by atoms with Gasteiger partial charge in [-0.3, -0.25) is 9.20 Å². The molecule has 1 amide bonds. The highest BCUT2D eigenvalue weighted by Gasteiger charge is 2.28. The van der Waals surface area contributed by atoms with Crippen molar-refractivity contribution >= 4 is 17.2 Å². The van der Waals surface area contributed by atoms with Crippen LogP contribution in [0, 0.1) is 11.3 Å². The lowest BCUT2D eigenvalue weighted by molar-refractivity contribution is 0.0988. The minimum absolute atomic E-state index is 0.123. The summed E-state index contributed by atoms with van der Waals surface area (Å²) in [5.41, 5.74) is 2.06. The van der Waals surface area contributed by atoms with Crippen molar-refractivity contribution in [3.8, 4) is 6.07 Å². The molecular weight excluding hydrogens is 390 g/mol. The number of benzene rings is 1. The Labute approximate surface area is 170 Å². The average Bonchev–Trinajstić information content (AvgIpc) is 3.15. The number of nitriles is 1. The molecule has 4 rings (SSSR count). The SMILES string of the molecule is CN(C(=O)c1cn2c(C3C(F)=CC(F)=CN3C)cnc2cn1)c1ccc(C#N)cc1. The maximum absolute atomic E-state index is 14.5. The first-order valence-corrected chi connectivity index (χ1v) is 8.96. The largest absolute Gasteiger partial charge is 0.363 e. The highest BCUT2D eigenvalue weighted by atomic mass is 19.1. The minimum atomic E-state index is -0.874. The minimum Gasteiger partial charge on any atom is -0.363 e. The normalized spacial score (nSPS) is 16.1. The molecule has 0 saturated carbocycles. The third-order valence-electron chi connectivity index (χ3n) is 4.88. The third-order valence-corrected chi connectivity index (χ3v) is 4.88. The van der Waals surface area contributed by atoms with Crippen molar-refractivity contribution in [2.45, 2.75) is 6.04 Å². The quantitative estimate of drug-likeness (QED) is 0.665. The summed E-state index contributed by atoms with van der Waals surface area (Å²) in [6.45, 7) is 0. The van der Waals surface area contributed by atoms with Crippen LogP contribution in [0.25, 0.3) is 5.65 Å². The molecule has 0 saturated heterocycles. The van der Waals surface area contributed by atoms with Gasteiger partial charge in [0.2, 0.25) is 0 Å². The van der Waals surface area contributed by atoms with E-state index in [1.165, 1.54) is 34.6 Å². The van der Waals surface area contributed by atoms with Crippen molar-refractivity contribution in [3.05, 3.63) is 83.7 Å². The number of rotatable bonds is 3. The molecule has 0 N–H and O–H groups in total. The number of hydrogen-bond acceptors (Lipinski definition) is 5. The zero-order chi connectivity index (χ0) is 21.4. The van der Waals surface area contributed by atoms with E-state index in [0.29, 0.717) is 22.6 Å². The summed E-state index contributed by atoms with van der Waals surface area (Å²) in [7, 11) is 3.15. The van der Waals surface area contributed by atoms with Gasteiger partial charge in [0.1, 0.15) is 23.4 Å². The molecule has 0 spiro atoms. The standard InChI is InChI=1S/C21H16F2N6O/c1-27-11-14(22)7-16(23)20(27)18-9-26-19-10-25-17(12-29(18)19)21(30)28(2)15-5-3-13(8-24)4-6-15/h3-7,9-12,20H,1-2H3. The van der Waals surface area contributed by atoms with E-state index in [9.17, 15) is 13.6 Å². The topological polar surface area (TPSA) is 77.5 Å². The van der Waals surface area contributed by atoms with Crippen LogP contribution in [0.3, 0.4) is 0 Å². The van der Waals surface area contributed by atoms with Crippen molar-refractivity contribution in [1.29, 1.82) is 5.26 Å². The van der Waals surface area contributed by atoms with Crippen LogP contribution >= 0.6 is 0 Å². The molecule has 1 unspecified atom stereocenters. The van der Waals surface area contributed by atoms with E-state index in [-0.39, 0.29) is 11.6 Å². The van der Waals surface area contributed by atoms with Gasteiger partial charge in [-0.05, 0) is 24.3 Å². The van der Waals surface area contributed by atoms with Gasteiger partial charge in [0.25, 0.3) is 5.91 Å². The van der Waals surface area contributed by atoms with Gasteiger partial charge in [-0.25, -0.2) is 18.7 Å². The van der Waals surface area contributed by atoms with E-state index in [1.807, 2.05) is 6.07 Å². The Kier molecular flexibility index (Phi) is 4.75. The Morgan fingerprint density at radius 3 is 2.60 bits per heavy atom. The number of amides is 1. The number of fused-ring (bicyclic) bond motifs is 1. The van der Waals surface area contributed by atoms with Gasteiger partial charge < -0.3 is 9.80 Å². The summed E-state index contributed by atoms with van der Waals surface area (Å²) >= 11 is 0. The molecule has 1 aromatic carbocycles. The fourth-order valence-corrected chi connectivity index (χ4v) is 3.33. The van der Waals surface area contributed by atoms with E-state index in [2.05, 4.69) is 9.97 Å². The summed E-state index contributed by atoms with van der Waals surface area (Å²) in [5, 5.41) is 8.91. The highest BCUT2D eigenvalue weighted by Crippen LogP contribution is 2.34. The highest BCUT2D eigenvalue weighted by molar-refractivity contribution is 6.04. The van der Waals surface area contributed by atoms with E-state index >= 15 is 0 Å². The summed E-state index contributed by atoms with van der Waals surface area (Å²) in [6.07, 6.45) is 6.40. The number of carbonyl (C=O) groups excluding carboxylic acids is 1. The summed E-state index contributed by atoms with van der Waals surface area (Å²) in [6, 6.07) is 7.71. The summed E-state index contributed by atoms with van der Waals surface area (Å²) in [5.74, 6) is -1.74. The Balaban J connectivity index is 1.69. The van der Waals surface area contributed by atoms with Gasteiger partial charge in [-0.1, -0.05) is 0 Å². The molecule has 1 aliphatic rings. The number of nitrogens with zero attached hydrogens (tertiary/aromatic N) is 6. The van der Waals surface area contributed by atoms with Gasteiger partial charge >= 0.3 is 0 Å². The van der Waals surface area contributed by atoms with Crippen LogP contribution in [-0.2, 0) is 0 Å². The Morgan fingerprint density at radius 1 is 1.20 bits per heavy atom. The molecule has 3 aromatic rings. The molecule has 150 valence electrons. The third kappa shape index (κ3) is 3.28. The van der Waals surface area contributed by atoms with Crippen molar-refractivity contribution < 1.29 is 13.6 Å². The fourth-order valence-electron chi connectivity index (χ4n) is 3.33. The number of anilines is 1. The maximum Gasteiger partial charge on any atom is 0.278 e. The van der Waals surface area contributed by atoms with E-state index < -0.39 is 17.7 Å². The molecule has 1 atom stereocenters. The van der Waals surface area contributed by atoms with Crippen LogP contribution in [0.1, 0.15) is 27.8 Å². The average molecular weight is 406 g/mol. The van der Waals surface area contributed by atoms with E-state index in [4.69, 9.17) is 5.26 Å². The second-order valence-corrected chi connectivity index (χ2v) is 6.82. The fraction of sp³-hybridized carbons (Fsp3) is 0.143. The van der Waals surface area contributed by atoms with Crippen LogP contribution in [0.2, 0.25) is 0 Å². The predicted molar refractivity (Wildman–Crippen MR) is 106 cm³/mol. The van der Waals surface area contributed by atoms with Crippen molar-refractivity contribution in [2.75, 3.05) is 19.0 Å². The van der Waals surface area contributed by atoms with Gasteiger partial charge in [-0.15, -0.1) is 0 Å². The Morgan fingerprint density at radius 2 is 1.93 bits per heavy atom. The number of carbonyl (C=O) groups is 1. The van der Waals surface area contributed by atoms with Gasteiger partial charge in [0, 0.05) is 38.3 Å². The van der Waals surface area contributed by atoms with Crippen LogP contribution in [0.4, 0.5) is 14.5 Å². The van der Waals surface area contributed by atoms with Crippen molar-refractivity contribution in [2.24, 2.45) is 0 Å². The zero-order valence-electron chi connectivity index (χ0n) is 16.1. The van der Waals surface area contributed by atoms with Crippen LogP contribution in [0.5, 0.6) is 0 Å². The second kappa shape index (κ2) is 7.40. The van der Waals surface area contributed by atoms with Crippen LogP contribution in [0.15, 0.2) is 66.8 Å². The predicted octanol–water partition coefficient (Wildman–Crippen LogP) is 3.53. The van der Waals surface area contributed by atoms with E-state index in [0.717, 1.165) is 6.08 Å². The molecule has 0 fully saturated rings. The molecule has 0 bridgehead atoms. The molecule has 1 aliphatic heterocycles. The van der Waals surface area contributed by atoms with Gasteiger partial charge in [0.05, 0.1) is 29.7 Å². The maximum atomic E-state index is 14.5.